The molecule has 0 spiro atoms. The third kappa shape index (κ3) is 4.82. The van der Waals surface area contributed by atoms with Crippen molar-refractivity contribution in [1.82, 2.24) is 5.32 Å². The van der Waals surface area contributed by atoms with E-state index in [0.717, 1.165) is 11.3 Å². The predicted octanol–water partition coefficient (Wildman–Crippen LogP) is 3.73. The SMILES string of the molecule is CCOc1ccccc1C(=O)NC1C=CC(C(C(=O)OC)c2ccc(OC)cc2)C1. The standard InChI is InChI=1S/C24H27NO5/c1-4-30-21-8-6-5-7-20(21)23(26)25-18-12-9-17(15-18)22(24(27)29-3)16-10-13-19(28-2)14-11-16/h5-14,17-18,22H,4,15H2,1-3H3,(H,25,26). The smallest absolute Gasteiger partial charge is 0.313 e. The number of para-hydroxylation sites is 1. The maximum Gasteiger partial charge on any atom is 0.313 e. The minimum absolute atomic E-state index is 0.0849. The number of hydrogen-bond donors (Lipinski definition) is 1. The largest absolute Gasteiger partial charge is 0.497 e. The van der Waals surface area contributed by atoms with E-state index in [1.807, 2.05) is 55.5 Å². The minimum atomic E-state index is -0.449. The number of carbonyl (C=O) groups excluding carboxylic acids is 2. The van der Waals surface area contributed by atoms with Crippen LogP contribution < -0.4 is 14.8 Å². The molecule has 1 N–H and O–H groups in total. The number of benzene rings is 2. The Bertz CT molecular complexity index is 906. The third-order valence-electron chi connectivity index (χ3n) is 5.22. The lowest BCUT2D eigenvalue weighted by atomic mass is 9.85. The average Bonchev–Trinajstić information content (AvgIpc) is 3.22. The highest BCUT2D eigenvalue weighted by Crippen LogP contribution is 2.35. The first-order chi connectivity index (χ1) is 14.6. The number of ether oxygens (including phenoxy) is 3. The number of rotatable bonds is 8. The van der Waals surface area contributed by atoms with Gasteiger partial charge >= 0.3 is 5.97 Å². The molecule has 0 heterocycles. The number of carbonyl (C=O) groups is 2. The van der Waals surface area contributed by atoms with Crippen molar-refractivity contribution in [2.45, 2.75) is 25.3 Å². The number of methoxy groups -OCH3 is 2. The van der Waals surface area contributed by atoms with Crippen LogP contribution in [-0.4, -0.2) is 38.7 Å². The number of esters is 1. The highest BCUT2D eigenvalue weighted by atomic mass is 16.5. The van der Waals surface area contributed by atoms with Gasteiger partial charge in [-0.3, -0.25) is 9.59 Å². The zero-order chi connectivity index (χ0) is 21.5. The van der Waals surface area contributed by atoms with Crippen LogP contribution in [0.3, 0.4) is 0 Å². The summed E-state index contributed by atoms with van der Waals surface area (Å²) in [6, 6.07) is 14.4. The first-order valence-electron chi connectivity index (χ1n) is 10.00. The van der Waals surface area contributed by atoms with Crippen LogP contribution in [0.2, 0.25) is 0 Å². The number of nitrogens with one attached hydrogen (secondary N) is 1. The highest BCUT2D eigenvalue weighted by Gasteiger charge is 2.34. The van der Waals surface area contributed by atoms with Crippen LogP contribution in [0.1, 0.15) is 35.2 Å². The molecule has 2 aromatic rings. The zero-order valence-electron chi connectivity index (χ0n) is 17.5. The van der Waals surface area contributed by atoms with Gasteiger partial charge in [0.2, 0.25) is 0 Å². The second-order valence-corrected chi connectivity index (χ2v) is 7.07. The lowest BCUT2D eigenvalue weighted by Gasteiger charge is -2.22. The van der Waals surface area contributed by atoms with Gasteiger partial charge < -0.3 is 19.5 Å². The average molecular weight is 409 g/mol. The van der Waals surface area contributed by atoms with Crippen molar-refractivity contribution in [1.29, 1.82) is 0 Å². The minimum Gasteiger partial charge on any atom is -0.497 e. The van der Waals surface area contributed by atoms with Crippen molar-refractivity contribution in [2.24, 2.45) is 5.92 Å². The molecule has 3 unspecified atom stereocenters. The fraction of sp³-hybridized carbons (Fsp3) is 0.333. The monoisotopic (exact) mass is 409 g/mol. The number of allylic oxidation sites excluding steroid dienone is 1. The van der Waals surface area contributed by atoms with E-state index < -0.39 is 5.92 Å². The molecule has 0 bridgehead atoms. The molecule has 0 aliphatic heterocycles. The maximum absolute atomic E-state index is 12.8. The summed E-state index contributed by atoms with van der Waals surface area (Å²) in [6.07, 6.45) is 4.52. The molecule has 0 radical (unpaired) electrons. The van der Waals surface area contributed by atoms with E-state index in [1.165, 1.54) is 7.11 Å². The van der Waals surface area contributed by atoms with Gasteiger partial charge in [-0.2, -0.15) is 0 Å². The molecule has 1 aliphatic rings. The third-order valence-corrected chi connectivity index (χ3v) is 5.22. The van der Waals surface area contributed by atoms with Crippen LogP contribution in [0.5, 0.6) is 11.5 Å². The summed E-state index contributed by atoms with van der Waals surface area (Å²) in [6.45, 7) is 2.36. The highest BCUT2D eigenvalue weighted by molar-refractivity contribution is 5.97. The molecule has 30 heavy (non-hydrogen) atoms. The van der Waals surface area contributed by atoms with Crippen LogP contribution in [0.25, 0.3) is 0 Å². The Morgan fingerprint density at radius 1 is 1.07 bits per heavy atom. The summed E-state index contributed by atoms with van der Waals surface area (Å²) in [5, 5.41) is 3.03. The molecular weight excluding hydrogens is 382 g/mol. The van der Waals surface area contributed by atoms with Gasteiger partial charge in [-0.05, 0) is 49.1 Å². The Labute approximate surface area is 176 Å². The summed E-state index contributed by atoms with van der Waals surface area (Å²) in [4.78, 5) is 25.3. The van der Waals surface area contributed by atoms with Gasteiger partial charge in [-0.15, -0.1) is 0 Å². The lowest BCUT2D eigenvalue weighted by molar-refractivity contribution is -0.143. The molecule has 6 heteroatoms. The Balaban J connectivity index is 1.71. The van der Waals surface area contributed by atoms with Gasteiger partial charge in [-0.25, -0.2) is 0 Å². The van der Waals surface area contributed by atoms with Crippen LogP contribution in [0, 0.1) is 5.92 Å². The van der Waals surface area contributed by atoms with Crippen LogP contribution in [0.4, 0.5) is 0 Å². The molecule has 1 amide bonds. The number of amides is 1. The van der Waals surface area contributed by atoms with E-state index in [1.54, 1.807) is 19.2 Å². The van der Waals surface area contributed by atoms with Gasteiger partial charge in [0.1, 0.15) is 11.5 Å². The van der Waals surface area contributed by atoms with E-state index in [2.05, 4.69) is 5.32 Å². The van der Waals surface area contributed by atoms with Crippen LogP contribution >= 0.6 is 0 Å². The summed E-state index contributed by atoms with van der Waals surface area (Å²) < 4.78 is 15.8. The zero-order valence-corrected chi connectivity index (χ0v) is 17.5. The fourth-order valence-corrected chi connectivity index (χ4v) is 3.76. The molecule has 158 valence electrons. The summed E-state index contributed by atoms with van der Waals surface area (Å²) in [5.74, 6) is 0.245. The second kappa shape index (κ2) is 9.96. The molecule has 0 saturated heterocycles. The molecule has 3 rings (SSSR count). The van der Waals surface area contributed by atoms with Crippen molar-refractivity contribution < 1.29 is 23.8 Å². The van der Waals surface area contributed by atoms with Crippen molar-refractivity contribution >= 4 is 11.9 Å². The fourth-order valence-electron chi connectivity index (χ4n) is 3.76. The van der Waals surface area contributed by atoms with E-state index in [9.17, 15) is 9.59 Å². The Morgan fingerprint density at radius 3 is 2.47 bits per heavy atom. The summed E-state index contributed by atoms with van der Waals surface area (Å²) >= 11 is 0. The van der Waals surface area contributed by atoms with Gasteiger partial charge in [0.15, 0.2) is 0 Å². The molecule has 0 fully saturated rings. The Hall–Kier alpha value is -3.28. The predicted molar refractivity (Wildman–Crippen MR) is 114 cm³/mol. The van der Waals surface area contributed by atoms with Crippen LogP contribution in [-0.2, 0) is 9.53 Å². The first-order valence-corrected chi connectivity index (χ1v) is 10.00. The van der Waals surface area contributed by atoms with Gasteiger partial charge in [0.25, 0.3) is 5.91 Å². The maximum atomic E-state index is 12.8. The normalized spacial score (nSPS) is 18.5. The lowest BCUT2D eigenvalue weighted by Crippen LogP contribution is -2.34. The van der Waals surface area contributed by atoms with E-state index in [0.29, 0.717) is 24.3 Å². The van der Waals surface area contributed by atoms with E-state index >= 15 is 0 Å². The number of hydrogen-bond acceptors (Lipinski definition) is 5. The van der Waals surface area contributed by atoms with Crippen molar-refractivity contribution in [3.05, 3.63) is 71.8 Å². The molecule has 0 aromatic heterocycles. The molecule has 1 aliphatic carbocycles. The van der Waals surface area contributed by atoms with Gasteiger partial charge in [0.05, 0.1) is 32.3 Å². The Kier molecular flexibility index (Phi) is 7.12. The molecule has 0 saturated carbocycles. The van der Waals surface area contributed by atoms with Gasteiger partial charge in [0, 0.05) is 6.04 Å². The molecule has 6 nitrogen and oxygen atoms in total. The quantitative estimate of drug-likeness (QED) is 0.531. The molecular formula is C24H27NO5. The topological polar surface area (TPSA) is 73.9 Å². The first kappa shape index (κ1) is 21.4. The van der Waals surface area contributed by atoms with Crippen molar-refractivity contribution in [3.8, 4) is 11.5 Å². The van der Waals surface area contributed by atoms with Crippen LogP contribution in [0.15, 0.2) is 60.7 Å². The van der Waals surface area contributed by atoms with E-state index in [4.69, 9.17) is 14.2 Å². The second-order valence-electron chi connectivity index (χ2n) is 7.07. The van der Waals surface area contributed by atoms with Crippen molar-refractivity contribution in [2.75, 3.05) is 20.8 Å². The molecule has 2 aromatic carbocycles. The van der Waals surface area contributed by atoms with Gasteiger partial charge in [-0.1, -0.05) is 36.4 Å². The van der Waals surface area contributed by atoms with Crippen molar-refractivity contribution in [3.63, 3.8) is 0 Å². The molecule has 3 atom stereocenters. The Morgan fingerprint density at radius 2 is 1.80 bits per heavy atom. The summed E-state index contributed by atoms with van der Waals surface area (Å²) in [5.41, 5.74) is 1.35. The summed E-state index contributed by atoms with van der Waals surface area (Å²) in [7, 11) is 2.99. The van der Waals surface area contributed by atoms with E-state index in [-0.39, 0.29) is 23.8 Å².